The molecule has 4 heteroatoms. The number of hydrogen-bond donors (Lipinski definition) is 2. The zero-order valence-electron chi connectivity index (χ0n) is 11.7. The van der Waals surface area contributed by atoms with Gasteiger partial charge < -0.3 is 15.6 Å². The van der Waals surface area contributed by atoms with Gasteiger partial charge in [-0.1, -0.05) is 12.1 Å². The van der Waals surface area contributed by atoms with Crippen LogP contribution in [0.4, 0.5) is 5.69 Å². The summed E-state index contributed by atoms with van der Waals surface area (Å²) in [4.78, 5) is 2.36. The first-order valence-corrected chi connectivity index (χ1v) is 6.96. The number of rotatable bonds is 4. The minimum absolute atomic E-state index is 0.275. The number of anilines is 1. The van der Waals surface area contributed by atoms with Crippen LogP contribution in [0, 0.1) is 0 Å². The smallest absolute Gasteiger partial charge is 0.0802 e. The van der Waals surface area contributed by atoms with Crippen molar-refractivity contribution in [1.29, 1.82) is 0 Å². The maximum Gasteiger partial charge on any atom is 0.0802 e. The monoisotopic (exact) mass is 264 g/mol. The third-order valence-electron chi connectivity index (χ3n) is 3.54. The molecule has 1 aliphatic heterocycles. The van der Waals surface area contributed by atoms with E-state index in [-0.39, 0.29) is 12.2 Å². The molecule has 3 N–H and O–H groups in total. The highest BCUT2D eigenvalue weighted by Crippen LogP contribution is 2.19. The molecule has 1 aromatic carbocycles. The van der Waals surface area contributed by atoms with Crippen molar-refractivity contribution in [3.8, 4) is 0 Å². The van der Waals surface area contributed by atoms with Gasteiger partial charge in [0.05, 0.1) is 18.3 Å². The molecule has 0 spiro atoms. The average Bonchev–Trinajstić information content (AvgIpc) is 2.36. The lowest BCUT2D eigenvalue weighted by atomic mass is 10.1. The maximum atomic E-state index is 10.2. The van der Waals surface area contributed by atoms with E-state index >= 15 is 0 Å². The van der Waals surface area contributed by atoms with Gasteiger partial charge in [-0.2, -0.15) is 0 Å². The zero-order chi connectivity index (χ0) is 13.8. The number of ether oxygens (including phenoxy) is 1. The highest BCUT2D eigenvalue weighted by atomic mass is 16.5. The Hall–Kier alpha value is -1.10. The minimum Gasteiger partial charge on any atom is -0.399 e. The van der Waals surface area contributed by atoms with E-state index in [1.54, 1.807) is 0 Å². The van der Waals surface area contributed by atoms with Gasteiger partial charge >= 0.3 is 0 Å². The van der Waals surface area contributed by atoms with Crippen LogP contribution in [-0.4, -0.2) is 41.8 Å². The molecular formula is C15H24N2O2. The summed E-state index contributed by atoms with van der Waals surface area (Å²) in [5, 5.41) is 10.2. The molecule has 0 bridgehead atoms. The first kappa shape index (κ1) is 14.3. The third-order valence-corrected chi connectivity index (χ3v) is 3.54. The molecule has 3 atom stereocenters. The molecule has 1 aromatic rings. The summed E-state index contributed by atoms with van der Waals surface area (Å²) in [6, 6.07) is 7.45. The van der Waals surface area contributed by atoms with Gasteiger partial charge in [0.1, 0.15) is 0 Å². The van der Waals surface area contributed by atoms with Crippen molar-refractivity contribution >= 4 is 5.69 Å². The molecule has 0 radical (unpaired) electrons. The van der Waals surface area contributed by atoms with Crippen LogP contribution in [0.1, 0.15) is 31.9 Å². The zero-order valence-corrected chi connectivity index (χ0v) is 11.7. The van der Waals surface area contributed by atoms with E-state index in [2.05, 4.69) is 18.7 Å². The summed E-state index contributed by atoms with van der Waals surface area (Å²) in [6.45, 7) is 6.97. The minimum atomic E-state index is -0.422. The molecule has 1 aliphatic rings. The van der Waals surface area contributed by atoms with Crippen LogP contribution in [0.3, 0.4) is 0 Å². The van der Waals surface area contributed by atoms with Gasteiger partial charge in [0.25, 0.3) is 0 Å². The first-order valence-electron chi connectivity index (χ1n) is 6.96. The molecule has 4 nitrogen and oxygen atoms in total. The van der Waals surface area contributed by atoms with E-state index in [0.717, 1.165) is 37.3 Å². The van der Waals surface area contributed by atoms with Gasteiger partial charge in [0.15, 0.2) is 0 Å². The topological polar surface area (TPSA) is 58.7 Å². The fourth-order valence-corrected chi connectivity index (χ4v) is 2.66. The number of morpholine rings is 1. The molecule has 1 saturated heterocycles. The van der Waals surface area contributed by atoms with Gasteiger partial charge in [-0.25, -0.2) is 0 Å². The normalized spacial score (nSPS) is 26.3. The third kappa shape index (κ3) is 4.20. The van der Waals surface area contributed by atoms with Crippen molar-refractivity contribution in [2.75, 3.05) is 25.4 Å². The Labute approximate surface area is 115 Å². The van der Waals surface area contributed by atoms with E-state index in [9.17, 15) is 5.11 Å². The first-order chi connectivity index (χ1) is 9.04. The highest BCUT2D eigenvalue weighted by Gasteiger charge is 2.22. The number of aliphatic hydroxyl groups is 1. The van der Waals surface area contributed by atoms with Crippen LogP contribution in [-0.2, 0) is 4.74 Å². The van der Waals surface area contributed by atoms with Crippen molar-refractivity contribution < 1.29 is 9.84 Å². The second-order valence-corrected chi connectivity index (χ2v) is 5.49. The van der Waals surface area contributed by atoms with E-state index in [4.69, 9.17) is 10.5 Å². The average molecular weight is 264 g/mol. The Kier molecular flexibility index (Phi) is 4.80. The fraction of sp³-hybridized carbons (Fsp3) is 0.600. The van der Waals surface area contributed by atoms with Gasteiger partial charge in [0, 0.05) is 25.3 Å². The predicted molar refractivity (Wildman–Crippen MR) is 76.9 cm³/mol. The van der Waals surface area contributed by atoms with Crippen molar-refractivity contribution in [3.63, 3.8) is 0 Å². The van der Waals surface area contributed by atoms with Crippen LogP contribution in [0.15, 0.2) is 24.3 Å². The van der Waals surface area contributed by atoms with Crippen molar-refractivity contribution in [1.82, 2.24) is 4.90 Å². The van der Waals surface area contributed by atoms with E-state index in [1.807, 2.05) is 24.3 Å². The molecule has 19 heavy (non-hydrogen) atoms. The molecule has 1 fully saturated rings. The summed E-state index contributed by atoms with van der Waals surface area (Å²) in [7, 11) is 0. The highest BCUT2D eigenvalue weighted by molar-refractivity contribution is 5.39. The largest absolute Gasteiger partial charge is 0.399 e. The number of nitrogens with two attached hydrogens (primary N) is 1. The maximum absolute atomic E-state index is 10.2. The summed E-state index contributed by atoms with van der Waals surface area (Å²) >= 11 is 0. The predicted octanol–water partition coefficient (Wildman–Crippen LogP) is 1.80. The summed E-state index contributed by atoms with van der Waals surface area (Å²) in [5.41, 5.74) is 7.31. The summed E-state index contributed by atoms with van der Waals surface area (Å²) in [6.07, 6.45) is 0.868. The lowest BCUT2D eigenvalue weighted by Gasteiger charge is -2.35. The molecule has 0 amide bonds. The van der Waals surface area contributed by atoms with Crippen LogP contribution in [0.25, 0.3) is 0 Å². The number of nitrogens with zero attached hydrogens (tertiary/aromatic N) is 1. The molecular weight excluding hydrogens is 240 g/mol. The Morgan fingerprint density at radius 3 is 2.42 bits per heavy atom. The molecule has 2 rings (SSSR count). The van der Waals surface area contributed by atoms with Crippen molar-refractivity contribution in [2.24, 2.45) is 0 Å². The van der Waals surface area contributed by atoms with Gasteiger partial charge in [-0.15, -0.1) is 0 Å². The lowest BCUT2D eigenvalue weighted by molar-refractivity contribution is -0.0702. The quantitative estimate of drug-likeness (QED) is 0.814. The van der Waals surface area contributed by atoms with Crippen LogP contribution in [0.2, 0.25) is 0 Å². The van der Waals surface area contributed by atoms with E-state index in [0.29, 0.717) is 0 Å². The molecule has 1 heterocycles. The second kappa shape index (κ2) is 6.37. The Morgan fingerprint density at radius 2 is 1.84 bits per heavy atom. The molecule has 0 aromatic heterocycles. The fourth-order valence-electron chi connectivity index (χ4n) is 2.66. The standard InChI is InChI=1S/C15H24N2O2/c1-11-9-17(10-12(2)19-11)8-7-15(18)13-3-5-14(16)6-4-13/h3-6,11-12,15,18H,7-10,16H2,1-2H3. The number of hydrogen-bond acceptors (Lipinski definition) is 4. The Balaban J connectivity index is 1.83. The van der Waals surface area contributed by atoms with Crippen LogP contribution in [0.5, 0.6) is 0 Å². The second-order valence-electron chi connectivity index (χ2n) is 5.49. The Bertz CT molecular complexity index is 384. The molecule has 0 saturated carbocycles. The summed E-state index contributed by atoms with van der Waals surface area (Å²) < 4.78 is 5.70. The summed E-state index contributed by atoms with van der Waals surface area (Å²) in [5.74, 6) is 0. The van der Waals surface area contributed by atoms with Crippen LogP contribution >= 0.6 is 0 Å². The number of benzene rings is 1. The van der Waals surface area contributed by atoms with Gasteiger partial charge in [0.2, 0.25) is 0 Å². The lowest BCUT2D eigenvalue weighted by Crippen LogP contribution is -2.45. The number of aliphatic hydroxyl groups excluding tert-OH is 1. The molecule has 106 valence electrons. The molecule has 3 unspecified atom stereocenters. The molecule has 0 aliphatic carbocycles. The number of nitrogen functional groups attached to an aromatic ring is 1. The van der Waals surface area contributed by atoms with E-state index in [1.165, 1.54) is 0 Å². The van der Waals surface area contributed by atoms with Gasteiger partial charge in [-0.05, 0) is 38.0 Å². The van der Waals surface area contributed by atoms with Crippen molar-refractivity contribution in [2.45, 2.75) is 38.6 Å². The van der Waals surface area contributed by atoms with E-state index < -0.39 is 6.10 Å². The SMILES string of the molecule is CC1CN(CCC(O)c2ccc(N)cc2)CC(C)O1. The Morgan fingerprint density at radius 1 is 1.26 bits per heavy atom. The van der Waals surface area contributed by atoms with Gasteiger partial charge in [-0.3, -0.25) is 4.90 Å². The van der Waals surface area contributed by atoms with Crippen molar-refractivity contribution in [3.05, 3.63) is 29.8 Å². The van der Waals surface area contributed by atoms with Crippen LogP contribution < -0.4 is 5.73 Å².